The van der Waals surface area contributed by atoms with Gasteiger partial charge >= 0.3 is 11.9 Å². The standard InChI is InChI=1S/C16H20O10/c17-9(6-24-15(23)8-4-2-1-3-5-8)7-25-16-12(20)10(18)11(19)13(26-16)14(21)22/h1-5,9-13,16-20H,6-7H2,(H,21,22)/t9-,10-,11-,12+,13-,16+/m0/s1. The van der Waals surface area contributed by atoms with Crippen molar-refractivity contribution in [1.29, 1.82) is 0 Å². The molecule has 0 spiro atoms. The molecule has 1 fully saturated rings. The van der Waals surface area contributed by atoms with Crippen LogP contribution in [0.2, 0.25) is 0 Å². The van der Waals surface area contributed by atoms with E-state index in [2.05, 4.69) is 0 Å². The first-order valence-corrected chi connectivity index (χ1v) is 7.75. The first kappa shape index (κ1) is 20.2. The van der Waals surface area contributed by atoms with Gasteiger partial charge in [0, 0.05) is 0 Å². The number of hydrogen-bond acceptors (Lipinski definition) is 9. The summed E-state index contributed by atoms with van der Waals surface area (Å²) in [5, 5.41) is 47.7. The lowest BCUT2D eigenvalue weighted by Crippen LogP contribution is -2.60. The van der Waals surface area contributed by atoms with Crippen molar-refractivity contribution in [1.82, 2.24) is 0 Å². The molecule has 1 aliphatic rings. The molecular formula is C16H20O10. The smallest absolute Gasteiger partial charge is 0.338 e. The normalized spacial score (nSPS) is 29.8. The topological polar surface area (TPSA) is 163 Å². The number of esters is 1. The Bertz CT molecular complexity index is 606. The van der Waals surface area contributed by atoms with Crippen LogP contribution in [-0.4, -0.2) is 87.5 Å². The molecule has 1 saturated heterocycles. The van der Waals surface area contributed by atoms with Gasteiger partial charge in [0.05, 0.1) is 12.2 Å². The Kier molecular flexibility index (Phi) is 7.03. The summed E-state index contributed by atoms with van der Waals surface area (Å²) in [5.74, 6) is -2.20. The van der Waals surface area contributed by atoms with Crippen LogP contribution >= 0.6 is 0 Å². The number of benzene rings is 1. The highest BCUT2D eigenvalue weighted by atomic mass is 16.7. The van der Waals surface area contributed by atoms with Gasteiger partial charge in [0.2, 0.25) is 0 Å². The molecule has 26 heavy (non-hydrogen) atoms. The molecule has 5 N–H and O–H groups in total. The number of aliphatic hydroxyl groups excluding tert-OH is 4. The summed E-state index contributed by atoms with van der Waals surface area (Å²) in [6.07, 6.45) is -10.0. The first-order valence-electron chi connectivity index (χ1n) is 7.75. The Hall–Kier alpha value is -2.08. The fourth-order valence-corrected chi connectivity index (χ4v) is 2.27. The van der Waals surface area contributed by atoms with Crippen molar-refractivity contribution in [3.8, 4) is 0 Å². The highest BCUT2D eigenvalue weighted by molar-refractivity contribution is 5.89. The zero-order valence-electron chi connectivity index (χ0n) is 13.5. The second-order valence-corrected chi connectivity index (χ2v) is 5.69. The van der Waals surface area contributed by atoms with Crippen molar-refractivity contribution in [2.75, 3.05) is 13.2 Å². The van der Waals surface area contributed by atoms with E-state index in [1.165, 1.54) is 12.1 Å². The van der Waals surface area contributed by atoms with E-state index in [1.54, 1.807) is 18.2 Å². The molecule has 1 aliphatic heterocycles. The minimum absolute atomic E-state index is 0.299. The molecule has 6 atom stereocenters. The van der Waals surface area contributed by atoms with E-state index in [1.807, 2.05) is 0 Å². The molecule has 2 rings (SSSR count). The fraction of sp³-hybridized carbons (Fsp3) is 0.500. The second kappa shape index (κ2) is 9.03. The highest BCUT2D eigenvalue weighted by Gasteiger charge is 2.47. The molecule has 0 unspecified atom stereocenters. The van der Waals surface area contributed by atoms with Gasteiger partial charge in [-0.15, -0.1) is 0 Å². The van der Waals surface area contributed by atoms with Crippen LogP contribution in [-0.2, 0) is 19.0 Å². The largest absolute Gasteiger partial charge is 0.479 e. The van der Waals surface area contributed by atoms with Crippen molar-refractivity contribution in [3.05, 3.63) is 35.9 Å². The number of aliphatic hydroxyl groups is 4. The Balaban J connectivity index is 1.81. The lowest BCUT2D eigenvalue weighted by molar-refractivity contribution is -0.297. The van der Waals surface area contributed by atoms with Crippen LogP contribution < -0.4 is 0 Å². The number of carbonyl (C=O) groups excluding carboxylic acids is 1. The van der Waals surface area contributed by atoms with Gasteiger partial charge in [-0.2, -0.15) is 0 Å². The van der Waals surface area contributed by atoms with Crippen molar-refractivity contribution in [2.24, 2.45) is 0 Å². The van der Waals surface area contributed by atoms with Crippen molar-refractivity contribution in [2.45, 2.75) is 36.8 Å². The van der Waals surface area contributed by atoms with E-state index in [0.717, 1.165) is 0 Å². The summed E-state index contributed by atoms with van der Waals surface area (Å²) in [4.78, 5) is 22.7. The number of carboxylic acids is 1. The third-order valence-corrected chi connectivity index (χ3v) is 3.68. The summed E-state index contributed by atoms with van der Waals surface area (Å²) in [6.45, 7) is -0.886. The molecule has 0 saturated carbocycles. The zero-order valence-corrected chi connectivity index (χ0v) is 13.5. The number of hydrogen-bond donors (Lipinski definition) is 5. The van der Waals surface area contributed by atoms with Crippen LogP contribution in [0, 0.1) is 0 Å². The van der Waals surface area contributed by atoms with Gasteiger partial charge in [0.15, 0.2) is 12.4 Å². The molecule has 0 amide bonds. The molecule has 0 aliphatic carbocycles. The van der Waals surface area contributed by atoms with E-state index in [0.29, 0.717) is 5.56 Å². The number of ether oxygens (including phenoxy) is 3. The average Bonchev–Trinajstić information content (AvgIpc) is 2.64. The van der Waals surface area contributed by atoms with E-state index in [9.17, 15) is 30.0 Å². The van der Waals surface area contributed by atoms with Crippen LogP contribution in [0.3, 0.4) is 0 Å². The van der Waals surface area contributed by atoms with E-state index < -0.39 is 62.0 Å². The number of aliphatic carboxylic acids is 1. The molecule has 10 heteroatoms. The zero-order chi connectivity index (χ0) is 19.3. The Labute approximate surface area is 148 Å². The second-order valence-electron chi connectivity index (χ2n) is 5.69. The maximum absolute atomic E-state index is 11.7. The maximum Gasteiger partial charge on any atom is 0.338 e. The molecule has 144 valence electrons. The third-order valence-electron chi connectivity index (χ3n) is 3.68. The predicted molar refractivity (Wildman–Crippen MR) is 83.0 cm³/mol. The molecular weight excluding hydrogens is 352 g/mol. The molecule has 0 aromatic heterocycles. The fourth-order valence-electron chi connectivity index (χ4n) is 2.27. The molecule has 1 heterocycles. The summed E-state index contributed by atoms with van der Waals surface area (Å²) in [7, 11) is 0. The quantitative estimate of drug-likeness (QED) is 0.342. The highest BCUT2D eigenvalue weighted by Crippen LogP contribution is 2.22. The Morgan fingerprint density at radius 3 is 2.31 bits per heavy atom. The molecule has 10 nitrogen and oxygen atoms in total. The summed E-state index contributed by atoms with van der Waals surface area (Å²) >= 11 is 0. The van der Waals surface area contributed by atoms with Crippen molar-refractivity contribution >= 4 is 11.9 Å². The van der Waals surface area contributed by atoms with Crippen LogP contribution in [0.5, 0.6) is 0 Å². The van der Waals surface area contributed by atoms with Crippen LogP contribution in [0.1, 0.15) is 10.4 Å². The van der Waals surface area contributed by atoms with Gasteiger partial charge in [-0.1, -0.05) is 18.2 Å². The van der Waals surface area contributed by atoms with E-state index in [4.69, 9.17) is 19.3 Å². The van der Waals surface area contributed by atoms with Crippen LogP contribution in [0.15, 0.2) is 30.3 Å². The predicted octanol–water partition coefficient (Wildman–Crippen LogP) is -1.89. The summed E-state index contributed by atoms with van der Waals surface area (Å²) in [5.41, 5.74) is 0.299. The average molecular weight is 372 g/mol. The van der Waals surface area contributed by atoms with Crippen molar-refractivity contribution in [3.63, 3.8) is 0 Å². The summed E-state index contributed by atoms with van der Waals surface area (Å²) in [6, 6.07) is 8.10. The first-order chi connectivity index (χ1) is 12.3. The molecule has 0 bridgehead atoms. The molecule has 1 aromatic rings. The third kappa shape index (κ3) is 4.97. The number of carbonyl (C=O) groups is 2. The van der Waals surface area contributed by atoms with Crippen molar-refractivity contribution < 1.29 is 49.3 Å². The SMILES string of the molecule is O=C(OC[C@H](O)CO[C@@H]1O[C@H](C(=O)O)[C@@H](O)[C@H](O)[C@H]1O)c1ccccc1. The molecule has 1 aromatic carbocycles. The van der Waals surface area contributed by atoms with Gasteiger partial charge in [-0.25, -0.2) is 9.59 Å². The van der Waals surface area contributed by atoms with Gasteiger partial charge in [-0.3, -0.25) is 0 Å². The summed E-state index contributed by atoms with van der Waals surface area (Å²) < 4.78 is 14.8. The van der Waals surface area contributed by atoms with Gasteiger partial charge in [0.1, 0.15) is 31.0 Å². The lowest BCUT2D eigenvalue weighted by atomic mass is 9.99. The minimum Gasteiger partial charge on any atom is -0.479 e. The van der Waals surface area contributed by atoms with Crippen LogP contribution in [0.25, 0.3) is 0 Å². The van der Waals surface area contributed by atoms with Gasteiger partial charge in [0.25, 0.3) is 0 Å². The van der Waals surface area contributed by atoms with E-state index in [-0.39, 0.29) is 0 Å². The lowest BCUT2D eigenvalue weighted by Gasteiger charge is -2.38. The number of carboxylic acid groups (broad SMARTS) is 1. The maximum atomic E-state index is 11.7. The van der Waals surface area contributed by atoms with Gasteiger partial charge in [-0.05, 0) is 12.1 Å². The van der Waals surface area contributed by atoms with E-state index >= 15 is 0 Å². The number of rotatable bonds is 7. The minimum atomic E-state index is -1.83. The Morgan fingerprint density at radius 1 is 1.04 bits per heavy atom. The van der Waals surface area contributed by atoms with Crippen LogP contribution in [0.4, 0.5) is 0 Å². The monoisotopic (exact) mass is 372 g/mol. The van der Waals surface area contributed by atoms with Gasteiger partial charge < -0.3 is 39.7 Å². The Morgan fingerprint density at radius 2 is 1.69 bits per heavy atom. The molecule has 0 radical (unpaired) electrons.